The van der Waals surface area contributed by atoms with Gasteiger partial charge in [-0.2, -0.15) is 4.31 Å². The number of rotatable bonds is 6. The van der Waals surface area contributed by atoms with Crippen molar-refractivity contribution in [3.8, 4) is 0 Å². The second kappa shape index (κ2) is 7.45. The van der Waals surface area contributed by atoms with Gasteiger partial charge in [0.1, 0.15) is 0 Å². The molecule has 21 heavy (non-hydrogen) atoms. The molecule has 0 aliphatic heterocycles. The lowest BCUT2D eigenvalue weighted by Gasteiger charge is -2.23. The lowest BCUT2D eigenvalue weighted by atomic mass is 10.4. The molecule has 0 aliphatic carbocycles. The quantitative estimate of drug-likeness (QED) is 0.790. The second-order valence-corrected chi connectivity index (χ2v) is 7.26. The summed E-state index contributed by atoms with van der Waals surface area (Å²) in [5, 5.41) is 0.429. The van der Waals surface area contributed by atoms with Crippen LogP contribution in [0.1, 0.15) is 13.8 Å². The highest BCUT2D eigenvalue weighted by molar-refractivity contribution is 7.89. The molecule has 0 radical (unpaired) electrons. The van der Waals surface area contributed by atoms with Crippen molar-refractivity contribution in [1.29, 1.82) is 0 Å². The molecule has 0 saturated heterocycles. The van der Waals surface area contributed by atoms with Crippen LogP contribution in [0, 0.1) is 0 Å². The van der Waals surface area contributed by atoms with Crippen molar-refractivity contribution in [2.24, 2.45) is 0 Å². The van der Waals surface area contributed by atoms with Gasteiger partial charge >= 0.3 is 0 Å². The molecule has 0 heterocycles. The zero-order valence-corrected chi connectivity index (χ0v) is 14.5. The van der Waals surface area contributed by atoms with Gasteiger partial charge in [-0.25, -0.2) is 8.42 Å². The molecule has 0 aliphatic rings. The van der Waals surface area contributed by atoms with E-state index < -0.39 is 10.0 Å². The maximum absolute atomic E-state index is 12.4. The zero-order valence-electron chi connectivity index (χ0n) is 12.1. The van der Waals surface area contributed by atoms with Crippen LogP contribution < -0.4 is 0 Å². The summed E-state index contributed by atoms with van der Waals surface area (Å²) in [5.74, 6) is -0.244. The summed E-state index contributed by atoms with van der Waals surface area (Å²) >= 11 is 11.6. The third-order valence-corrected chi connectivity index (χ3v) is 5.61. The van der Waals surface area contributed by atoms with Crippen molar-refractivity contribution in [3.63, 3.8) is 0 Å². The first-order valence-electron chi connectivity index (χ1n) is 6.43. The lowest BCUT2D eigenvalue weighted by molar-refractivity contribution is -0.130. The summed E-state index contributed by atoms with van der Waals surface area (Å²) in [6.07, 6.45) is 0. The fourth-order valence-electron chi connectivity index (χ4n) is 1.77. The van der Waals surface area contributed by atoms with Crippen LogP contribution in [0.15, 0.2) is 23.1 Å². The topological polar surface area (TPSA) is 57.7 Å². The SMILES string of the molecule is CCN(CC)C(=O)CN(C)S(=O)(=O)c1ccc(Cl)c(Cl)c1. The number of hydrogen-bond acceptors (Lipinski definition) is 3. The third kappa shape index (κ3) is 4.32. The molecule has 0 spiro atoms. The molecule has 1 aromatic rings. The van der Waals surface area contributed by atoms with Crippen molar-refractivity contribution in [1.82, 2.24) is 9.21 Å². The van der Waals surface area contributed by atoms with Crippen LogP contribution in [0.25, 0.3) is 0 Å². The van der Waals surface area contributed by atoms with E-state index in [1.54, 1.807) is 4.90 Å². The van der Waals surface area contributed by atoms with Crippen molar-refractivity contribution in [3.05, 3.63) is 28.2 Å². The first-order valence-corrected chi connectivity index (χ1v) is 8.62. The van der Waals surface area contributed by atoms with Gasteiger partial charge in [-0.1, -0.05) is 23.2 Å². The van der Waals surface area contributed by atoms with Gasteiger partial charge in [-0.05, 0) is 32.0 Å². The van der Waals surface area contributed by atoms with Crippen LogP contribution in [0.4, 0.5) is 0 Å². The fourth-order valence-corrected chi connectivity index (χ4v) is 3.28. The number of likely N-dealkylation sites (N-methyl/N-ethyl adjacent to an activating group) is 2. The number of nitrogens with zero attached hydrogens (tertiary/aromatic N) is 2. The minimum atomic E-state index is -3.78. The van der Waals surface area contributed by atoms with Gasteiger partial charge in [-0.15, -0.1) is 0 Å². The number of amides is 1. The van der Waals surface area contributed by atoms with E-state index in [4.69, 9.17) is 23.2 Å². The van der Waals surface area contributed by atoms with Crippen LogP contribution in [0.5, 0.6) is 0 Å². The molecule has 1 amide bonds. The van der Waals surface area contributed by atoms with Crippen LogP contribution in [-0.4, -0.2) is 50.2 Å². The van der Waals surface area contributed by atoms with E-state index in [1.165, 1.54) is 25.2 Å². The predicted molar refractivity (Wildman–Crippen MR) is 84.2 cm³/mol. The van der Waals surface area contributed by atoms with E-state index in [1.807, 2.05) is 13.8 Å². The van der Waals surface area contributed by atoms with Crippen LogP contribution in [0.2, 0.25) is 10.0 Å². The van der Waals surface area contributed by atoms with Gasteiger partial charge < -0.3 is 4.90 Å². The van der Waals surface area contributed by atoms with Crippen molar-refractivity contribution in [2.45, 2.75) is 18.7 Å². The molecule has 5 nitrogen and oxygen atoms in total. The van der Waals surface area contributed by atoms with Gasteiger partial charge in [0, 0.05) is 20.1 Å². The number of benzene rings is 1. The number of halogens is 2. The van der Waals surface area contributed by atoms with E-state index in [9.17, 15) is 13.2 Å². The Kier molecular flexibility index (Phi) is 6.46. The summed E-state index contributed by atoms with van der Waals surface area (Å²) in [6, 6.07) is 4.05. The number of carbonyl (C=O) groups is 1. The second-order valence-electron chi connectivity index (χ2n) is 4.40. The Morgan fingerprint density at radius 1 is 1.14 bits per heavy atom. The van der Waals surface area contributed by atoms with E-state index in [2.05, 4.69) is 0 Å². The molecule has 1 aromatic carbocycles. The first kappa shape index (κ1) is 18.2. The van der Waals surface area contributed by atoms with E-state index >= 15 is 0 Å². The van der Waals surface area contributed by atoms with E-state index in [0.717, 1.165) is 4.31 Å². The largest absolute Gasteiger partial charge is 0.342 e. The predicted octanol–water partition coefficient (Wildman–Crippen LogP) is 2.48. The number of carbonyl (C=O) groups excluding carboxylic acids is 1. The monoisotopic (exact) mass is 352 g/mol. The van der Waals surface area contributed by atoms with Gasteiger partial charge in [0.05, 0.1) is 21.5 Å². The maximum Gasteiger partial charge on any atom is 0.243 e. The summed E-state index contributed by atoms with van der Waals surface area (Å²) in [7, 11) is -2.42. The molecule has 118 valence electrons. The first-order chi connectivity index (χ1) is 9.73. The van der Waals surface area contributed by atoms with E-state index in [-0.39, 0.29) is 27.4 Å². The van der Waals surface area contributed by atoms with Crippen LogP contribution >= 0.6 is 23.2 Å². The highest BCUT2D eigenvalue weighted by Gasteiger charge is 2.25. The van der Waals surface area contributed by atoms with Crippen molar-refractivity contribution >= 4 is 39.1 Å². The Labute approximate surface area is 135 Å². The Morgan fingerprint density at radius 2 is 1.71 bits per heavy atom. The smallest absolute Gasteiger partial charge is 0.243 e. The molecule has 8 heteroatoms. The standard InChI is InChI=1S/C13H18Cl2N2O3S/c1-4-17(5-2)13(18)9-16(3)21(19,20)10-6-7-11(14)12(15)8-10/h6-8H,4-5,9H2,1-3H3. The van der Waals surface area contributed by atoms with Crippen LogP contribution in [-0.2, 0) is 14.8 Å². The van der Waals surface area contributed by atoms with Crippen molar-refractivity contribution in [2.75, 3.05) is 26.7 Å². The van der Waals surface area contributed by atoms with Gasteiger partial charge in [-0.3, -0.25) is 4.79 Å². The minimum absolute atomic E-state index is 0.00625. The van der Waals surface area contributed by atoms with E-state index in [0.29, 0.717) is 13.1 Å². The molecule has 0 fully saturated rings. The summed E-state index contributed by atoms with van der Waals surface area (Å²) < 4.78 is 25.8. The highest BCUT2D eigenvalue weighted by atomic mass is 35.5. The van der Waals surface area contributed by atoms with Gasteiger partial charge in [0.25, 0.3) is 0 Å². The Morgan fingerprint density at radius 3 is 2.19 bits per heavy atom. The molecule has 0 N–H and O–H groups in total. The maximum atomic E-state index is 12.4. The molecule has 0 atom stereocenters. The third-order valence-electron chi connectivity index (χ3n) is 3.07. The molecular formula is C13H18Cl2N2O3S. The molecule has 0 aromatic heterocycles. The Bertz CT molecular complexity index is 616. The lowest BCUT2D eigenvalue weighted by Crippen LogP contribution is -2.40. The average molecular weight is 353 g/mol. The molecule has 0 bridgehead atoms. The summed E-state index contributed by atoms with van der Waals surface area (Å²) in [6.45, 7) is 4.54. The minimum Gasteiger partial charge on any atom is -0.342 e. The van der Waals surface area contributed by atoms with Gasteiger partial charge in [0.15, 0.2) is 0 Å². The zero-order chi connectivity index (χ0) is 16.2. The normalized spacial score (nSPS) is 11.7. The molecule has 0 unspecified atom stereocenters. The van der Waals surface area contributed by atoms with Gasteiger partial charge in [0.2, 0.25) is 15.9 Å². The molecular weight excluding hydrogens is 335 g/mol. The number of hydrogen-bond donors (Lipinski definition) is 0. The average Bonchev–Trinajstić information content (AvgIpc) is 2.42. The fraction of sp³-hybridized carbons (Fsp3) is 0.462. The number of sulfonamides is 1. The highest BCUT2D eigenvalue weighted by Crippen LogP contribution is 2.26. The molecule has 0 saturated carbocycles. The summed E-state index contributed by atoms with van der Waals surface area (Å²) in [4.78, 5) is 13.6. The van der Waals surface area contributed by atoms with Crippen molar-refractivity contribution < 1.29 is 13.2 Å². The Hall–Kier alpha value is -0.820. The summed E-state index contributed by atoms with van der Waals surface area (Å²) in [5.41, 5.74) is 0. The molecule has 1 rings (SSSR count). The van der Waals surface area contributed by atoms with Crippen LogP contribution in [0.3, 0.4) is 0 Å². The Balaban J connectivity index is 2.96.